The second kappa shape index (κ2) is 5.54. The van der Waals surface area contributed by atoms with Crippen LogP contribution in [0.25, 0.3) is 0 Å². The smallest absolute Gasteiger partial charge is 0.139 e. The number of phenols is 1. The minimum atomic E-state index is 0.244. The van der Waals surface area contributed by atoms with E-state index in [-0.39, 0.29) is 5.75 Å². The van der Waals surface area contributed by atoms with Gasteiger partial charge in [0.05, 0.1) is 16.9 Å². The zero-order valence-electron chi connectivity index (χ0n) is 13.3. The van der Waals surface area contributed by atoms with Gasteiger partial charge in [0.2, 0.25) is 0 Å². The van der Waals surface area contributed by atoms with E-state index in [1.54, 1.807) is 23.5 Å². The summed E-state index contributed by atoms with van der Waals surface area (Å²) in [6, 6.07) is 7.51. The first-order chi connectivity index (χ1) is 11.1. The second-order valence-electron chi connectivity index (χ2n) is 6.15. The molecule has 2 aliphatic rings. The van der Waals surface area contributed by atoms with Gasteiger partial charge >= 0.3 is 0 Å². The molecule has 6 heteroatoms. The number of rotatable bonds is 0. The van der Waals surface area contributed by atoms with Gasteiger partial charge < -0.3 is 20.2 Å². The number of nitrogens with one attached hydrogen (secondary N) is 1. The zero-order valence-corrected chi connectivity index (χ0v) is 14.2. The molecule has 1 fully saturated rings. The van der Waals surface area contributed by atoms with Crippen molar-refractivity contribution in [1.82, 2.24) is 9.80 Å². The number of hydrogen-bond acceptors (Lipinski definition) is 6. The van der Waals surface area contributed by atoms with Gasteiger partial charge in [0, 0.05) is 37.1 Å². The Bertz CT molecular complexity index is 775. The first kappa shape index (κ1) is 14.5. The van der Waals surface area contributed by atoms with Crippen molar-refractivity contribution >= 4 is 33.5 Å². The molecule has 0 spiro atoms. The highest BCUT2D eigenvalue weighted by atomic mass is 32.1. The number of piperazine rings is 1. The molecule has 23 heavy (non-hydrogen) atoms. The molecule has 0 unspecified atom stereocenters. The Morgan fingerprint density at radius 1 is 1.17 bits per heavy atom. The number of hydrogen-bond donors (Lipinski definition) is 2. The summed E-state index contributed by atoms with van der Waals surface area (Å²) in [5, 5.41) is 14.4. The lowest BCUT2D eigenvalue weighted by molar-refractivity contribution is 0.216. The van der Waals surface area contributed by atoms with Crippen molar-refractivity contribution < 1.29 is 5.11 Å². The maximum atomic E-state index is 9.81. The highest BCUT2D eigenvalue weighted by Gasteiger charge is 2.25. The predicted octanol–water partition coefficient (Wildman–Crippen LogP) is 3.14. The van der Waals surface area contributed by atoms with E-state index in [0.29, 0.717) is 0 Å². The molecule has 4 rings (SSSR count). The van der Waals surface area contributed by atoms with E-state index in [0.717, 1.165) is 54.0 Å². The van der Waals surface area contributed by atoms with Crippen molar-refractivity contribution in [3.63, 3.8) is 0 Å². The highest BCUT2D eigenvalue weighted by molar-refractivity contribution is 7.16. The number of nitrogens with zero attached hydrogens (tertiary/aromatic N) is 3. The molecule has 120 valence electrons. The van der Waals surface area contributed by atoms with Crippen LogP contribution < -0.4 is 5.32 Å². The summed E-state index contributed by atoms with van der Waals surface area (Å²) < 4.78 is 0. The van der Waals surface area contributed by atoms with Crippen molar-refractivity contribution in [2.75, 3.05) is 38.5 Å². The summed E-state index contributed by atoms with van der Waals surface area (Å²) in [6.07, 6.45) is 0. The van der Waals surface area contributed by atoms with Crippen LogP contribution in [0.4, 0.5) is 16.4 Å². The molecule has 3 heterocycles. The molecule has 0 amide bonds. The largest absolute Gasteiger partial charge is 0.508 e. The lowest BCUT2D eigenvalue weighted by atomic mass is 10.2. The Morgan fingerprint density at radius 3 is 2.74 bits per heavy atom. The summed E-state index contributed by atoms with van der Waals surface area (Å²) in [5.74, 6) is 1.25. The number of aryl methyl sites for hydroxylation is 1. The van der Waals surface area contributed by atoms with E-state index in [1.807, 2.05) is 6.07 Å². The van der Waals surface area contributed by atoms with Crippen LogP contribution >= 0.6 is 11.3 Å². The molecule has 0 atom stereocenters. The molecule has 1 saturated heterocycles. The molecular formula is C17H20N4OS. The van der Waals surface area contributed by atoms with Gasteiger partial charge in [0.1, 0.15) is 16.6 Å². The molecule has 0 saturated carbocycles. The molecular weight excluding hydrogens is 308 g/mol. The van der Waals surface area contributed by atoms with Gasteiger partial charge in [-0.05, 0) is 32.2 Å². The zero-order chi connectivity index (χ0) is 16.0. The third-order valence-corrected chi connectivity index (χ3v) is 5.32. The van der Waals surface area contributed by atoms with Crippen LogP contribution in [0.1, 0.15) is 10.4 Å². The van der Waals surface area contributed by atoms with Crippen molar-refractivity contribution in [1.29, 1.82) is 0 Å². The minimum absolute atomic E-state index is 0.244. The molecule has 1 aromatic heterocycles. The average Bonchev–Trinajstić information content (AvgIpc) is 2.82. The second-order valence-corrected chi connectivity index (χ2v) is 7.41. The average molecular weight is 328 g/mol. The Kier molecular flexibility index (Phi) is 3.50. The number of amidine groups is 1. The molecule has 0 bridgehead atoms. The maximum absolute atomic E-state index is 9.81. The number of benzene rings is 1. The lowest BCUT2D eigenvalue weighted by Crippen LogP contribution is -2.47. The molecule has 2 aliphatic heterocycles. The van der Waals surface area contributed by atoms with Gasteiger partial charge in [-0.25, -0.2) is 4.99 Å². The van der Waals surface area contributed by atoms with Crippen LogP contribution in [0.5, 0.6) is 5.75 Å². The summed E-state index contributed by atoms with van der Waals surface area (Å²) in [5.41, 5.74) is 2.89. The van der Waals surface area contributed by atoms with Gasteiger partial charge in [-0.1, -0.05) is 0 Å². The van der Waals surface area contributed by atoms with E-state index in [1.165, 1.54) is 4.88 Å². The van der Waals surface area contributed by atoms with Crippen LogP contribution in [0, 0.1) is 6.92 Å². The summed E-state index contributed by atoms with van der Waals surface area (Å²) in [7, 11) is 2.15. The predicted molar refractivity (Wildman–Crippen MR) is 95.7 cm³/mol. The lowest BCUT2D eigenvalue weighted by Gasteiger charge is -2.34. The van der Waals surface area contributed by atoms with E-state index >= 15 is 0 Å². The van der Waals surface area contributed by atoms with Crippen molar-refractivity contribution in [2.24, 2.45) is 4.99 Å². The Hall–Kier alpha value is -2.05. The molecule has 5 nitrogen and oxygen atoms in total. The van der Waals surface area contributed by atoms with E-state index in [4.69, 9.17) is 4.99 Å². The first-order valence-corrected chi connectivity index (χ1v) is 8.65. The number of phenolic OH excluding ortho intramolecular Hbond substituents is 1. The van der Waals surface area contributed by atoms with E-state index in [9.17, 15) is 5.11 Å². The monoisotopic (exact) mass is 328 g/mol. The molecule has 1 aromatic carbocycles. The number of anilines is 2. The number of thiophene rings is 1. The van der Waals surface area contributed by atoms with Crippen molar-refractivity contribution in [3.8, 4) is 5.75 Å². The number of aliphatic imine (C=N–C) groups is 1. The first-order valence-electron chi connectivity index (χ1n) is 7.83. The fourth-order valence-electron chi connectivity index (χ4n) is 3.05. The third-order valence-electron chi connectivity index (χ3n) is 4.35. The fourth-order valence-corrected chi connectivity index (χ4v) is 3.97. The topological polar surface area (TPSA) is 51.1 Å². The standard InChI is InChI=1S/C17H20N4OS/c1-11-9-13-16(21-7-5-20(2)6-8-21)18-15-10-12(22)3-4-14(15)19-17(13)23-11/h3-4,9-10,19,22H,5-8H2,1-2H3. The maximum Gasteiger partial charge on any atom is 0.139 e. The molecule has 2 N–H and O–H groups in total. The number of aromatic hydroxyl groups is 1. The Balaban J connectivity index is 1.82. The number of fused-ring (bicyclic) bond motifs is 2. The number of likely N-dealkylation sites (N-methyl/N-ethyl adjacent to an activating group) is 1. The summed E-state index contributed by atoms with van der Waals surface area (Å²) in [6.45, 7) is 6.14. The minimum Gasteiger partial charge on any atom is -0.508 e. The quantitative estimate of drug-likeness (QED) is 0.730. The highest BCUT2D eigenvalue weighted by Crippen LogP contribution is 2.40. The fraction of sp³-hybridized carbons (Fsp3) is 0.353. The van der Waals surface area contributed by atoms with Gasteiger partial charge in [-0.2, -0.15) is 0 Å². The normalized spacial score (nSPS) is 17.8. The Labute approximate surface area is 139 Å². The summed E-state index contributed by atoms with van der Waals surface area (Å²) in [4.78, 5) is 10.9. The third kappa shape index (κ3) is 2.68. The SMILES string of the molecule is Cc1cc2c(s1)Nc1ccc(O)cc1N=C2N1CCN(C)CC1. The van der Waals surface area contributed by atoms with Crippen LogP contribution in [-0.2, 0) is 0 Å². The van der Waals surface area contributed by atoms with Crippen LogP contribution in [0.2, 0.25) is 0 Å². The van der Waals surface area contributed by atoms with Gasteiger partial charge in [-0.15, -0.1) is 11.3 Å². The molecule has 0 radical (unpaired) electrons. The Morgan fingerprint density at radius 2 is 1.96 bits per heavy atom. The van der Waals surface area contributed by atoms with Crippen molar-refractivity contribution in [3.05, 3.63) is 34.7 Å². The molecule has 0 aliphatic carbocycles. The van der Waals surface area contributed by atoms with Gasteiger partial charge in [-0.3, -0.25) is 0 Å². The van der Waals surface area contributed by atoms with Crippen LogP contribution in [0.15, 0.2) is 29.3 Å². The van der Waals surface area contributed by atoms with E-state index < -0.39 is 0 Å². The summed E-state index contributed by atoms with van der Waals surface area (Å²) >= 11 is 1.75. The molecule has 2 aromatic rings. The van der Waals surface area contributed by atoms with Crippen molar-refractivity contribution in [2.45, 2.75) is 6.92 Å². The van der Waals surface area contributed by atoms with Crippen LogP contribution in [-0.4, -0.2) is 54.0 Å². The van der Waals surface area contributed by atoms with Gasteiger partial charge in [0.15, 0.2) is 0 Å². The van der Waals surface area contributed by atoms with Gasteiger partial charge in [0.25, 0.3) is 0 Å². The van der Waals surface area contributed by atoms with Crippen LogP contribution in [0.3, 0.4) is 0 Å². The van der Waals surface area contributed by atoms with E-state index in [2.05, 4.69) is 35.2 Å².